The highest BCUT2D eigenvalue weighted by atomic mass is 19.4. The third-order valence-electron chi connectivity index (χ3n) is 4.24. The molecule has 0 aromatic heterocycles. The molecule has 2 N–H and O–H groups in total. The maximum atomic E-state index is 12.3. The van der Waals surface area contributed by atoms with Gasteiger partial charge in [-0.1, -0.05) is 0 Å². The Morgan fingerprint density at radius 3 is 2.81 bits per heavy atom. The fraction of sp³-hybridized carbons (Fsp3) is 0.929. The third kappa shape index (κ3) is 6.22. The number of amides is 1. The molecule has 2 saturated heterocycles. The molecule has 4 nitrogen and oxygen atoms in total. The standard InChI is InChI=1S/C14H24F3N3O/c15-14(16,17)10-20-7-5-11(9-20)8-19-13(21)4-3-12-2-1-6-18-12/h11-12,18H,1-10H2,(H,19,21). The molecule has 0 bridgehead atoms. The van der Waals surface area contributed by atoms with E-state index in [1.165, 1.54) is 11.3 Å². The molecule has 0 aliphatic carbocycles. The average Bonchev–Trinajstić information content (AvgIpc) is 3.03. The van der Waals surface area contributed by atoms with Gasteiger partial charge >= 0.3 is 6.18 Å². The van der Waals surface area contributed by atoms with E-state index >= 15 is 0 Å². The van der Waals surface area contributed by atoms with E-state index in [1.54, 1.807) is 0 Å². The number of rotatable bonds is 6. The van der Waals surface area contributed by atoms with Crippen molar-refractivity contribution >= 4 is 5.91 Å². The predicted octanol–water partition coefficient (Wildman–Crippen LogP) is 1.52. The lowest BCUT2D eigenvalue weighted by Gasteiger charge is -2.18. The van der Waals surface area contributed by atoms with Gasteiger partial charge in [-0.3, -0.25) is 9.69 Å². The normalized spacial score (nSPS) is 27.2. The number of likely N-dealkylation sites (tertiary alicyclic amines) is 1. The van der Waals surface area contributed by atoms with Crippen molar-refractivity contribution in [2.75, 3.05) is 32.7 Å². The number of nitrogens with one attached hydrogen (secondary N) is 2. The zero-order valence-electron chi connectivity index (χ0n) is 12.2. The van der Waals surface area contributed by atoms with Crippen molar-refractivity contribution in [3.63, 3.8) is 0 Å². The maximum absolute atomic E-state index is 12.3. The largest absolute Gasteiger partial charge is 0.401 e. The monoisotopic (exact) mass is 307 g/mol. The molecule has 2 heterocycles. The summed E-state index contributed by atoms with van der Waals surface area (Å²) in [6.45, 7) is 1.56. The van der Waals surface area contributed by atoms with Crippen LogP contribution in [0.1, 0.15) is 32.1 Å². The van der Waals surface area contributed by atoms with Crippen LogP contribution in [0.2, 0.25) is 0 Å². The van der Waals surface area contributed by atoms with Crippen LogP contribution in [0.3, 0.4) is 0 Å². The van der Waals surface area contributed by atoms with Crippen LogP contribution in [0.25, 0.3) is 0 Å². The van der Waals surface area contributed by atoms with Crippen molar-refractivity contribution in [1.29, 1.82) is 0 Å². The molecule has 0 radical (unpaired) electrons. The summed E-state index contributed by atoms with van der Waals surface area (Å²) >= 11 is 0. The molecule has 0 aromatic carbocycles. The van der Waals surface area contributed by atoms with Gasteiger partial charge in [0.05, 0.1) is 6.54 Å². The number of halogens is 3. The van der Waals surface area contributed by atoms with Crippen LogP contribution in [-0.4, -0.2) is 55.7 Å². The molecule has 2 rings (SSSR count). The maximum Gasteiger partial charge on any atom is 0.401 e. The Bertz CT molecular complexity index is 343. The van der Waals surface area contributed by atoms with Crippen LogP contribution in [0.15, 0.2) is 0 Å². The van der Waals surface area contributed by atoms with E-state index in [0.717, 1.165) is 25.8 Å². The number of nitrogens with zero attached hydrogens (tertiary/aromatic N) is 1. The molecule has 2 atom stereocenters. The van der Waals surface area contributed by atoms with Crippen molar-refractivity contribution in [3.8, 4) is 0 Å². The molecule has 2 unspecified atom stereocenters. The van der Waals surface area contributed by atoms with Gasteiger partial charge in [0.1, 0.15) is 0 Å². The fourth-order valence-electron chi connectivity index (χ4n) is 3.13. The minimum absolute atomic E-state index is 0.0120. The summed E-state index contributed by atoms with van der Waals surface area (Å²) in [6, 6.07) is 0.449. The second-order valence-electron chi connectivity index (χ2n) is 6.14. The summed E-state index contributed by atoms with van der Waals surface area (Å²) in [7, 11) is 0. The molecule has 2 aliphatic rings. The Balaban J connectivity index is 1.57. The van der Waals surface area contributed by atoms with E-state index in [9.17, 15) is 18.0 Å². The summed E-state index contributed by atoms with van der Waals surface area (Å²) in [6.07, 6.45) is 0.228. The lowest BCUT2D eigenvalue weighted by Crippen LogP contribution is -2.35. The van der Waals surface area contributed by atoms with Crippen LogP contribution in [0.5, 0.6) is 0 Å². The van der Waals surface area contributed by atoms with Crippen molar-refractivity contribution in [1.82, 2.24) is 15.5 Å². The predicted molar refractivity (Wildman–Crippen MR) is 73.9 cm³/mol. The summed E-state index contributed by atoms with van der Waals surface area (Å²) in [5.41, 5.74) is 0. The zero-order valence-corrected chi connectivity index (χ0v) is 12.2. The first-order valence-corrected chi connectivity index (χ1v) is 7.71. The van der Waals surface area contributed by atoms with E-state index in [0.29, 0.717) is 32.1 Å². The molecule has 122 valence electrons. The van der Waals surface area contributed by atoms with E-state index in [-0.39, 0.29) is 11.8 Å². The Kier molecular flexibility index (Phi) is 5.87. The number of carbonyl (C=O) groups excluding carboxylic acids is 1. The minimum atomic E-state index is -4.13. The summed E-state index contributed by atoms with van der Waals surface area (Å²) in [5, 5.41) is 6.20. The Morgan fingerprint density at radius 2 is 2.14 bits per heavy atom. The quantitative estimate of drug-likeness (QED) is 0.782. The molecule has 2 aliphatic heterocycles. The van der Waals surface area contributed by atoms with Gasteiger partial charge in [-0.05, 0) is 44.7 Å². The van der Waals surface area contributed by atoms with Crippen LogP contribution in [-0.2, 0) is 4.79 Å². The lowest BCUT2D eigenvalue weighted by molar-refractivity contribution is -0.143. The minimum Gasteiger partial charge on any atom is -0.356 e. The van der Waals surface area contributed by atoms with Crippen molar-refractivity contribution in [3.05, 3.63) is 0 Å². The first kappa shape index (κ1) is 16.5. The van der Waals surface area contributed by atoms with Gasteiger partial charge in [-0.25, -0.2) is 0 Å². The fourth-order valence-corrected chi connectivity index (χ4v) is 3.13. The molecule has 1 amide bonds. The number of hydrogen-bond donors (Lipinski definition) is 2. The highest BCUT2D eigenvalue weighted by Gasteiger charge is 2.34. The molecular weight excluding hydrogens is 283 g/mol. The number of alkyl halides is 3. The lowest BCUT2D eigenvalue weighted by atomic mass is 10.1. The molecule has 0 spiro atoms. The zero-order chi connectivity index (χ0) is 15.3. The molecule has 0 aromatic rings. The van der Waals surface area contributed by atoms with E-state index in [1.807, 2.05) is 0 Å². The SMILES string of the molecule is O=C(CCC1CCCN1)NCC1CCN(CC(F)(F)F)C1. The first-order valence-electron chi connectivity index (χ1n) is 7.71. The van der Waals surface area contributed by atoms with Gasteiger partial charge in [0.25, 0.3) is 0 Å². The highest BCUT2D eigenvalue weighted by Crippen LogP contribution is 2.22. The second kappa shape index (κ2) is 7.45. The summed E-state index contributed by atoms with van der Waals surface area (Å²) < 4.78 is 36.8. The van der Waals surface area contributed by atoms with Gasteiger partial charge < -0.3 is 10.6 Å². The highest BCUT2D eigenvalue weighted by molar-refractivity contribution is 5.75. The van der Waals surface area contributed by atoms with Gasteiger partial charge in [0.2, 0.25) is 5.91 Å². The average molecular weight is 307 g/mol. The van der Waals surface area contributed by atoms with E-state index in [2.05, 4.69) is 10.6 Å². The molecule has 2 fully saturated rings. The third-order valence-corrected chi connectivity index (χ3v) is 4.24. The number of carbonyl (C=O) groups is 1. The van der Waals surface area contributed by atoms with Crippen LogP contribution >= 0.6 is 0 Å². The molecule has 7 heteroatoms. The van der Waals surface area contributed by atoms with Crippen molar-refractivity contribution in [2.24, 2.45) is 5.92 Å². The summed E-state index contributed by atoms with van der Waals surface area (Å²) in [4.78, 5) is 13.2. The van der Waals surface area contributed by atoms with Crippen LogP contribution in [0, 0.1) is 5.92 Å². The summed E-state index contributed by atoms with van der Waals surface area (Å²) in [5.74, 6) is 0.152. The van der Waals surface area contributed by atoms with Crippen LogP contribution in [0.4, 0.5) is 13.2 Å². The van der Waals surface area contributed by atoms with Gasteiger partial charge in [0.15, 0.2) is 0 Å². The molecule has 21 heavy (non-hydrogen) atoms. The van der Waals surface area contributed by atoms with Crippen molar-refractivity contribution in [2.45, 2.75) is 44.3 Å². The first-order chi connectivity index (χ1) is 9.92. The Labute approximate surface area is 123 Å². The smallest absolute Gasteiger partial charge is 0.356 e. The Morgan fingerprint density at radius 1 is 1.33 bits per heavy atom. The Hall–Kier alpha value is -0.820. The van der Waals surface area contributed by atoms with E-state index < -0.39 is 12.7 Å². The second-order valence-corrected chi connectivity index (χ2v) is 6.14. The molecule has 0 saturated carbocycles. The molecular formula is C14H24F3N3O. The van der Waals surface area contributed by atoms with Gasteiger partial charge in [0, 0.05) is 25.6 Å². The van der Waals surface area contributed by atoms with Gasteiger partial charge in [-0.15, -0.1) is 0 Å². The van der Waals surface area contributed by atoms with E-state index in [4.69, 9.17) is 0 Å². The van der Waals surface area contributed by atoms with Crippen molar-refractivity contribution < 1.29 is 18.0 Å². The topological polar surface area (TPSA) is 44.4 Å². The number of hydrogen-bond acceptors (Lipinski definition) is 3. The van der Waals surface area contributed by atoms with Gasteiger partial charge in [-0.2, -0.15) is 13.2 Å². The van der Waals surface area contributed by atoms with Crippen LogP contribution < -0.4 is 10.6 Å².